The van der Waals surface area contributed by atoms with Gasteiger partial charge in [0.1, 0.15) is 0 Å². The second-order valence-corrected chi connectivity index (χ2v) is 14.6. The molecule has 0 aromatic rings. The molecule has 0 aromatic heterocycles. The summed E-state index contributed by atoms with van der Waals surface area (Å²) in [6.45, 7) is 4.07. The first-order chi connectivity index (χ1) is 25.5. The molecule has 0 unspecified atom stereocenters. The number of unbranched alkanes of at least 4 members (excludes halogenated alkanes) is 30. The molecule has 0 N–H and O–H groups in total. The largest absolute Gasteiger partial charge is 1.00 e. The van der Waals surface area contributed by atoms with Crippen molar-refractivity contribution in [2.24, 2.45) is 0 Å². The summed E-state index contributed by atoms with van der Waals surface area (Å²) in [6.07, 6.45) is 42.5. The normalized spacial score (nSPS) is 10.8. The quantitative estimate of drug-likeness (QED) is 0.0229. The van der Waals surface area contributed by atoms with Gasteiger partial charge in [-0.05, 0) is 12.8 Å². The Balaban J connectivity index is -0.00000217. The van der Waals surface area contributed by atoms with E-state index in [1.54, 1.807) is 0 Å². The van der Waals surface area contributed by atoms with Gasteiger partial charge in [-0.2, -0.15) is 0 Å². The van der Waals surface area contributed by atoms with E-state index in [9.17, 15) is 19.2 Å². The summed E-state index contributed by atoms with van der Waals surface area (Å²) in [4.78, 5) is 47.2. The van der Waals surface area contributed by atoms with Crippen molar-refractivity contribution in [3.8, 4) is 0 Å². The number of hydrogen-bond donors (Lipinski definition) is 0. The zero-order chi connectivity index (χ0) is 38.0. The minimum absolute atomic E-state index is 0. The first-order valence-corrected chi connectivity index (χ1v) is 21.8. The Hall–Kier alpha value is -0.380. The van der Waals surface area contributed by atoms with Gasteiger partial charge < -0.3 is 21.8 Å². The minimum atomic E-state index is -0.873. The molecule has 0 aliphatic rings. The van der Waals surface area contributed by atoms with Crippen LogP contribution in [0.1, 0.15) is 222 Å². The Morgan fingerprint density at radius 1 is 0.333 bits per heavy atom. The second kappa shape index (κ2) is 48.8. The molecule has 0 heterocycles. The van der Waals surface area contributed by atoms with E-state index >= 15 is 0 Å². The molecular weight excluding hydrogens is 702 g/mol. The third-order valence-electron chi connectivity index (χ3n) is 9.54. The Labute approximate surface area is 379 Å². The van der Waals surface area contributed by atoms with Crippen LogP contribution in [-0.2, 0) is 38.1 Å². The average Bonchev–Trinajstić information content (AvgIpc) is 3.14. The molecule has 0 spiro atoms. The summed E-state index contributed by atoms with van der Waals surface area (Å²) >= 11 is 0. The molecule has 0 aromatic carbocycles. The smallest absolute Gasteiger partial charge is 1.00 e. The first kappa shape index (κ1) is 57.9. The van der Waals surface area contributed by atoms with Gasteiger partial charge in [-0.3, -0.25) is 0 Å². The fraction of sp³-hybridized carbons (Fsp3) is 0.864. The van der Waals surface area contributed by atoms with E-state index in [2.05, 4.69) is 13.8 Å². The van der Waals surface area contributed by atoms with Crippen LogP contribution in [0.5, 0.6) is 0 Å². The van der Waals surface area contributed by atoms with Crippen LogP contribution in [-0.4, -0.2) is 50.3 Å². The Morgan fingerprint density at radius 3 is 0.759 bits per heavy atom. The predicted octanol–water partition coefficient (Wildman–Crippen LogP) is 6.47. The van der Waals surface area contributed by atoms with Crippen LogP contribution in [0.3, 0.4) is 0 Å². The molecule has 0 fully saturated rings. The van der Waals surface area contributed by atoms with Crippen LogP contribution < -0.4 is 59.1 Å². The maximum absolute atomic E-state index is 11.8. The van der Waals surface area contributed by atoms with Crippen LogP contribution >= 0.6 is 0 Å². The summed E-state index contributed by atoms with van der Waals surface area (Å²) in [6, 6.07) is 0. The van der Waals surface area contributed by atoms with Gasteiger partial charge in [0.2, 0.25) is 0 Å². The van der Waals surface area contributed by atoms with Crippen molar-refractivity contribution in [1.29, 1.82) is 0 Å². The third kappa shape index (κ3) is 47.8. The van der Waals surface area contributed by atoms with Gasteiger partial charge in [-0.1, -0.05) is 206 Å². The average molecular weight is 785 g/mol. The fourth-order valence-electron chi connectivity index (χ4n) is 6.25. The topological polar surface area (TPSA) is 105 Å². The standard InChI is InChI=1S/C44H80O8.2Na.2H/c1-3-5-7-9-11-13-15-17-19-21-23-25-27-29-31-33-37-49-43(47)39-51-41(45)35-36-42(46)52-40-44(48)50-38-34-32-30-28-26-24-22-20-18-16-14-12-10-8-6-4-2;;;;/h35-36H,3-34,37-40H2,1-2H3;;;;/q;2*+1;2*-1/b36-35+;;;;. The maximum atomic E-state index is 11.8. The van der Waals surface area contributed by atoms with E-state index in [0.29, 0.717) is 13.2 Å². The molecular formula is C44H82Na2O8. The van der Waals surface area contributed by atoms with Crippen molar-refractivity contribution in [3.05, 3.63) is 12.2 Å². The number of rotatable bonds is 40. The van der Waals surface area contributed by atoms with Crippen molar-refractivity contribution < 1.29 is 100 Å². The summed E-state index contributed by atoms with van der Waals surface area (Å²) < 4.78 is 19.8. The zero-order valence-corrected chi connectivity index (χ0v) is 39.9. The molecule has 308 valence electrons. The number of hydrogen-bond acceptors (Lipinski definition) is 8. The van der Waals surface area contributed by atoms with E-state index < -0.39 is 37.1 Å². The van der Waals surface area contributed by atoms with Gasteiger partial charge >= 0.3 is 83.0 Å². The Kier molecular flexibility index (Phi) is 52.3. The Bertz CT molecular complexity index is 812. The van der Waals surface area contributed by atoms with Crippen molar-refractivity contribution >= 4 is 23.9 Å². The van der Waals surface area contributed by atoms with Gasteiger partial charge in [0.25, 0.3) is 0 Å². The summed E-state index contributed by atoms with van der Waals surface area (Å²) in [5, 5.41) is 0. The van der Waals surface area contributed by atoms with Crippen molar-refractivity contribution in [2.75, 3.05) is 26.4 Å². The Morgan fingerprint density at radius 2 is 0.537 bits per heavy atom. The van der Waals surface area contributed by atoms with Gasteiger partial charge in [-0.15, -0.1) is 0 Å². The van der Waals surface area contributed by atoms with E-state index in [4.69, 9.17) is 18.9 Å². The summed E-state index contributed by atoms with van der Waals surface area (Å²) in [7, 11) is 0. The molecule has 0 saturated heterocycles. The predicted molar refractivity (Wildman–Crippen MR) is 214 cm³/mol. The molecule has 0 amide bonds. The molecule has 0 atom stereocenters. The van der Waals surface area contributed by atoms with Gasteiger partial charge in [-0.25, -0.2) is 19.2 Å². The van der Waals surface area contributed by atoms with E-state index in [0.717, 1.165) is 50.7 Å². The molecule has 54 heavy (non-hydrogen) atoms. The van der Waals surface area contributed by atoms with Crippen LogP contribution in [0.15, 0.2) is 12.2 Å². The molecule has 0 aliphatic heterocycles. The molecule has 0 bridgehead atoms. The van der Waals surface area contributed by atoms with Gasteiger partial charge in [0.05, 0.1) is 13.2 Å². The van der Waals surface area contributed by atoms with Crippen LogP contribution in [0, 0.1) is 0 Å². The monoisotopic (exact) mass is 785 g/mol. The van der Waals surface area contributed by atoms with E-state index in [1.165, 1.54) is 167 Å². The van der Waals surface area contributed by atoms with E-state index in [1.807, 2.05) is 0 Å². The molecule has 0 aliphatic carbocycles. The van der Waals surface area contributed by atoms with Crippen LogP contribution in [0.2, 0.25) is 0 Å². The fourth-order valence-corrected chi connectivity index (χ4v) is 6.25. The number of esters is 4. The molecule has 0 rings (SSSR count). The second-order valence-electron chi connectivity index (χ2n) is 14.6. The summed E-state index contributed by atoms with van der Waals surface area (Å²) in [5.74, 6) is -3.00. The number of carbonyl (C=O) groups excluding carboxylic acids is 4. The van der Waals surface area contributed by atoms with Gasteiger partial charge in [0, 0.05) is 12.2 Å². The maximum Gasteiger partial charge on any atom is 1.00 e. The van der Waals surface area contributed by atoms with Crippen molar-refractivity contribution in [3.63, 3.8) is 0 Å². The molecule has 10 heteroatoms. The van der Waals surface area contributed by atoms with Gasteiger partial charge in [0.15, 0.2) is 13.2 Å². The summed E-state index contributed by atoms with van der Waals surface area (Å²) in [5.41, 5.74) is 0. The number of carbonyl (C=O) groups is 4. The molecule has 8 nitrogen and oxygen atoms in total. The van der Waals surface area contributed by atoms with E-state index in [-0.39, 0.29) is 62.0 Å². The first-order valence-electron chi connectivity index (χ1n) is 21.8. The molecule has 0 radical (unpaired) electrons. The SMILES string of the molecule is CCCCCCCCCCCCCCCCCCOC(=O)COC(=O)/C=C/C(=O)OCC(=O)OCCCCCCCCCCCCCCCCCC.[H-].[H-].[Na+].[Na+]. The molecule has 0 saturated carbocycles. The van der Waals surface area contributed by atoms with Crippen molar-refractivity contribution in [2.45, 2.75) is 219 Å². The minimum Gasteiger partial charge on any atom is -1.00 e. The number of ether oxygens (including phenoxy) is 4. The van der Waals surface area contributed by atoms with Crippen LogP contribution in [0.4, 0.5) is 0 Å². The zero-order valence-electron chi connectivity index (χ0n) is 37.9. The van der Waals surface area contributed by atoms with Crippen molar-refractivity contribution in [1.82, 2.24) is 0 Å². The third-order valence-corrected chi connectivity index (χ3v) is 9.54. The van der Waals surface area contributed by atoms with Crippen LogP contribution in [0.25, 0.3) is 0 Å².